The van der Waals surface area contributed by atoms with Gasteiger partial charge in [-0.2, -0.15) is 0 Å². The van der Waals surface area contributed by atoms with Gasteiger partial charge in [0.25, 0.3) is 0 Å². The molecule has 0 aromatic carbocycles. The van der Waals surface area contributed by atoms with E-state index in [4.69, 9.17) is 4.74 Å². The van der Waals surface area contributed by atoms with Gasteiger partial charge in [0.05, 0.1) is 0 Å². The lowest BCUT2D eigenvalue weighted by molar-refractivity contribution is -0.154. The SMILES string of the molecule is COC(C(=O)O)C1(C2C(C)(C)C2(C)C)CC1. The van der Waals surface area contributed by atoms with E-state index < -0.39 is 12.1 Å². The third-order valence-electron chi connectivity index (χ3n) is 5.41. The Balaban J connectivity index is 2.26. The second-order valence-corrected chi connectivity index (χ2v) is 6.56. The third kappa shape index (κ3) is 1.21. The summed E-state index contributed by atoms with van der Waals surface area (Å²) in [5.41, 5.74) is 0.360. The van der Waals surface area contributed by atoms with Crippen LogP contribution in [0, 0.1) is 22.2 Å². The Morgan fingerprint density at radius 1 is 1.25 bits per heavy atom. The molecule has 2 fully saturated rings. The van der Waals surface area contributed by atoms with Crippen LogP contribution in [0.1, 0.15) is 40.5 Å². The number of carboxylic acids is 1. The van der Waals surface area contributed by atoms with Gasteiger partial charge in [-0.15, -0.1) is 0 Å². The van der Waals surface area contributed by atoms with Crippen molar-refractivity contribution in [2.45, 2.75) is 46.6 Å². The summed E-state index contributed by atoms with van der Waals surface area (Å²) < 4.78 is 5.23. The van der Waals surface area contributed by atoms with E-state index in [1.807, 2.05) is 0 Å². The van der Waals surface area contributed by atoms with E-state index in [1.165, 1.54) is 7.11 Å². The van der Waals surface area contributed by atoms with Crippen molar-refractivity contribution in [3.8, 4) is 0 Å². The second kappa shape index (κ2) is 3.00. The van der Waals surface area contributed by atoms with Crippen molar-refractivity contribution < 1.29 is 14.6 Å². The van der Waals surface area contributed by atoms with Crippen molar-refractivity contribution >= 4 is 5.97 Å². The maximum absolute atomic E-state index is 11.2. The van der Waals surface area contributed by atoms with Crippen LogP contribution in [-0.4, -0.2) is 24.3 Å². The molecule has 1 N–H and O–H groups in total. The Labute approximate surface area is 97.2 Å². The van der Waals surface area contributed by atoms with Crippen molar-refractivity contribution in [2.24, 2.45) is 22.2 Å². The minimum Gasteiger partial charge on any atom is -0.479 e. The fourth-order valence-electron chi connectivity index (χ4n) is 4.06. The highest BCUT2D eigenvalue weighted by Crippen LogP contribution is 2.80. The van der Waals surface area contributed by atoms with Crippen molar-refractivity contribution in [3.05, 3.63) is 0 Å². The minimum atomic E-state index is -0.807. The number of methoxy groups -OCH3 is 1. The third-order valence-corrected chi connectivity index (χ3v) is 5.41. The molecule has 0 saturated heterocycles. The first-order valence-electron chi connectivity index (χ1n) is 5.97. The topological polar surface area (TPSA) is 46.5 Å². The molecule has 92 valence electrons. The molecule has 0 bridgehead atoms. The fourth-order valence-corrected chi connectivity index (χ4v) is 4.06. The van der Waals surface area contributed by atoms with Crippen molar-refractivity contribution in [3.63, 3.8) is 0 Å². The van der Waals surface area contributed by atoms with Crippen LogP contribution in [0.25, 0.3) is 0 Å². The zero-order valence-corrected chi connectivity index (χ0v) is 10.8. The van der Waals surface area contributed by atoms with E-state index in [0.717, 1.165) is 12.8 Å². The normalized spacial score (nSPS) is 30.8. The molecule has 0 radical (unpaired) electrons. The summed E-state index contributed by atoms with van der Waals surface area (Å²) in [4.78, 5) is 11.2. The molecule has 16 heavy (non-hydrogen) atoms. The molecule has 0 aromatic heterocycles. The number of carboxylic acid groups (broad SMARTS) is 1. The van der Waals surface area contributed by atoms with Crippen LogP contribution >= 0.6 is 0 Å². The van der Waals surface area contributed by atoms with Crippen molar-refractivity contribution in [1.29, 1.82) is 0 Å². The van der Waals surface area contributed by atoms with Gasteiger partial charge in [-0.3, -0.25) is 0 Å². The van der Waals surface area contributed by atoms with Gasteiger partial charge in [0.1, 0.15) is 0 Å². The summed E-state index contributed by atoms with van der Waals surface area (Å²) >= 11 is 0. The molecule has 2 aliphatic rings. The lowest BCUT2D eigenvalue weighted by Crippen LogP contribution is -2.35. The predicted octanol–water partition coefficient (Wildman–Crippen LogP) is 2.55. The first-order valence-corrected chi connectivity index (χ1v) is 5.97. The molecule has 2 saturated carbocycles. The fraction of sp³-hybridized carbons (Fsp3) is 0.923. The highest BCUT2D eigenvalue weighted by atomic mass is 16.5. The molecule has 0 spiro atoms. The number of hydrogen-bond acceptors (Lipinski definition) is 2. The number of rotatable bonds is 4. The molecule has 0 aliphatic heterocycles. The highest BCUT2D eigenvalue weighted by molar-refractivity contribution is 5.74. The molecule has 2 rings (SSSR count). The van der Waals surface area contributed by atoms with E-state index in [9.17, 15) is 9.90 Å². The van der Waals surface area contributed by atoms with Crippen LogP contribution in [0.5, 0.6) is 0 Å². The number of hydrogen-bond donors (Lipinski definition) is 1. The Hall–Kier alpha value is -0.570. The molecular formula is C13H22O3. The van der Waals surface area contributed by atoms with Gasteiger partial charge >= 0.3 is 5.97 Å². The van der Waals surface area contributed by atoms with Gasteiger partial charge in [-0.1, -0.05) is 27.7 Å². The Morgan fingerprint density at radius 2 is 1.69 bits per heavy atom. The van der Waals surface area contributed by atoms with Gasteiger partial charge in [0.2, 0.25) is 0 Å². The first kappa shape index (κ1) is 11.9. The average molecular weight is 226 g/mol. The lowest BCUT2D eigenvalue weighted by atomic mass is 9.87. The average Bonchev–Trinajstić information content (AvgIpc) is 2.92. The zero-order valence-electron chi connectivity index (χ0n) is 10.8. The molecule has 3 nitrogen and oxygen atoms in total. The zero-order chi connectivity index (χ0) is 12.4. The molecule has 1 atom stereocenters. The maximum atomic E-state index is 11.2. The van der Waals surface area contributed by atoms with Gasteiger partial charge in [-0.25, -0.2) is 4.79 Å². The summed E-state index contributed by atoms with van der Waals surface area (Å²) in [5.74, 6) is -0.341. The summed E-state index contributed by atoms with van der Waals surface area (Å²) in [5, 5.41) is 9.24. The van der Waals surface area contributed by atoms with E-state index in [2.05, 4.69) is 27.7 Å². The Bertz CT molecular complexity index is 312. The highest BCUT2D eigenvalue weighted by Gasteiger charge is 2.77. The molecule has 0 aromatic rings. The molecule has 3 heteroatoms. The van der Waals surface area contributed by atoms with Crippen LogP contribution < -0.4 is 0 Å². The number of ether oxygens (including phenoxy) is 1. The second-order valence-electron chi connectivity index (χ2n) is 6.56. The van der Waals surface area contributed by atoms with Crippen LogP contribution in [0.3, 0.4) is 0 Å². The minimum absolute atomic E-state index is 0.104. The molecule has 1 unspecified atom stereocenters. The molecular weight excluding hydrogens is 204 g/mol. The van der Waals surface area contributed by atoms with Crippen LogP contribution in [-0.2, 0) is 9.53 Å². The first-order chi connectivity index (χ1) is 7.22. The van der Waals surface area contributed by atoms with E-state index in [1.54, 1.807) is 0 Å². The van der Waals surface area contributed by atoms with Crippen molar-refractivity contribution in [1.82, 2.24) is 0 Å². The molecule has 2 aliphatic carbocycles. The maximum Gasteiger partial charge on any atom is 0.333 e. The summed E-state index contributed by atoms with van der Waals surface area (Å²) in [6.45, 7) is 8.97. The van der Waals surface area contributed by atoms with E-state index in [0.29, 0.717) is 5.92 Å². The standard InChI is InChI=1S/C13H22O3/c1-11(2)10(12(11,3)4)13(6-7-13)8(16-5)9(14)15/h8,10H,6-7H2,1-5H3,(H,14,15). The molecule has 0 heterocycles. The lowest BCUT2D eigenvalue weighted by Gasteiger charge is -2.24. The van der Waals surface area contributed by atoms with Gasteiger partial charge in [0.15, 0.2) is 6.10 Å². The monoisotopic (exact) mass is 226 g/mol. The van der Waals surface area contributed by atoms with Crippen molar-refractivity contribution in [2.75, 3.05) is 7.11 Å². The van der Waals surface area contributed by atoms with Gasteiger partial charge < -0.3 is 9.84 Å². The Kier molecular flexibility index (Phi) is 2.24. The predicted molar refractivity (Wildman–Crippen MR) is 61.2 cm³/mol. The Morgan fingerprint density at radius 3 is 1.88 bits per heavy atom. The van der Waals surface area contributed by atoms with Crippen LogP contribution in [0.2, 0.25) is 0 Å². The summed E-state index contributed by atoms with van der Waals surface area (Å²) in [6.07, 6.45) is 1.36. The van der Waals surface area contributed by atoms with Crippen LogP contribution in [0.15, 0.2) is 0 Å². The quantitative estimate of drug-likeness (QED) is 0.801. The largest absolute Gasteiger partial charge is 0.479 e. The summed E-state index contributed by atoms with van der Waals surface area (Å²) in [6, 6.07) is 0. The van der Waals surface area contributed by atoms with Gasteiger partial charge in [0, 0.05) is 12.5 Å². The van der Waals surface area contributed by atoms with Crippen LogP contribution in [0.4, 0.5) is 0 Å². The van der Waals surface area contributed by atoms with Gasteiger partial charge in [-0.05, 0) is 29.6 Å². The molecule has 0 amide bonds. The van der Waals surface area contributed by atoms with E-state index >= 15 is 0 Å². The number of carbonyl (C=O) groups is 1. The smallest absolute Gasteiger partial charge is 0.333 e. The summed E-state index contributed by atoms with van der Waals surface area (Å²) in [7, 11) is 1.52. The van der Waals surface area contributed by atoms with E-state index in [-0.39, 0.29) is 16.2 Å². The number of aliphatic carboxylic acids is 1.